The van der Waals surface area contributed by atoms with Crippen LogP contribution >= 0.6 is 0 Å². The second kappa shape index (κ2) is 19.3. The maximum atomic E-state index is 8.34. The molecule has 0 atom stereocenters. The van der Waals surface area contributed by atoms with E-state index < -0.39 is 0 Å². The van der Waals surface area contributed by atoms with Gasteiger partial charge in [0.05, 0.1) is 0 Å². The molecule has 0 bridgehead atoms. The van der Waals surface area contributed by atoms with Gasteiger partial charge in [-0.3, -0.25) is 0 Å². The van der Waals surface area contributed by atoms with E-state index in [9.17, 15) is 0 Å². The van der Waals surface area contributed by atoms with E-state index in [0.29, 0.717) is 22.5 Å². The fourth-order valence-electron chi connectivity index (χ4n) is 0. The second-order valence-corrected chi connectivity index (χ2v) is 0. The van der Waals surface area contributed by atoms with Crippen LogP contribution < -0.4 is 0 Å². The van der Waals surface area contributed by atoms with Gasteiger partial charge in [0.25, 0.3) is 0 Å². The first-order chi connectivity index (χ1) is 1.00. The Morgan fingerprint density at radius 3 is 1.25 bits per heavy atom. The predicted molar refractivity (Wildman–Crippen MR) is 12.2 cm³/mol. The van der Waals surface area contributed by atoms with Gasteiger partial charge in [-0.15, -0.1) is 0 Å². The van der Waals surface area contributed by atoms with Gasteiger partial charge in [-0.05, 0) is 0 Å². The molecule has 0 aromatic rings. The van der Waals surface area contributed by atoms with Crippen LogP contribution in [0.15, 0.2) is 0 Å². The normalized spacial score (nSPS) is 1.00. The van der Waals surface area contributed by atoms with Gasteiger partial charge in [-0.2, -0.15) is 0 Å². The average molecular weight is 304 g/mol. The van der Waals surface area contributed by atoms with Crippen molar-refractivity contribution in [3.63, 3.8) is 0 Å². The molecule has 5 radical (unpaired) electrons. The van der Waals surface area contributed by atoms with Gasteiger partial charge in [0.15, 0.2) is 0 Å². The fourth-order valence-corrected chi connectivity index (χ4v) is 0. The van der Waals surface area contributed by atoms with Crippen molar-refractivity contribution >= 4 is 46.9 Å². The summed E-state index contributed by atoms with van der Waals surface area (Å²) in [5.74, 6) is 0. The predicted octanol–water partition coefficient (Wildman–Crippen LogP) is -0.883. The summed E-state index contributed by atoms with van der Waals surface area (Å²) < 4.78 is 8.34. The molecular weight excluding hydrogens is 304 g/mol. The first-order valence-corrected chi connectivity index (χ1v) is 1.37. The monoisotopic (exact) mass is 305 g/mol. The van der Waals surface area contributed by atoms with E-state index in [1.165, 1.54) is 0 Å². The third-order valence-corrected chi connectivity index (χ3v) is 0. The van der Waals surface area contributed by atoms with Crippen LogP contribution in [-0.4, -0.2) is 46.9 Å². The smallest absolute Gasteiger partial charge is 0 e. The van der Waals surface area contributed by atoms with Crippen LogP contribution in [0.2, 0.25) is 0 Å². The molecule has 0 aromatic carbocycles. The van der Waals surface area contributed by atoms with E-state index in [4.69, 9.17) is 3.08 Å². The van der Waals surface area contributed by atoms with Crippen molar-refractivity contribution in [2.24, 2.45) is 0 Å². The summed E-state index contributed by atoms with van der Waals surface area (Å²) in [6, 6.07) is 0. The molecule has 0 aliphatic rings. The molecule has 0 heterocycles. The summed E-state index contributed by atoms with van der Waals surface area (Å²) in [4.78, 5) is 0. The van der Waals surface area contributed by atoms with Crippen molar-refractivity contribution in [1.82, 2.24) is 0 Å². The quantitative estimate of drug-likeness (QED) is 0.531. The Kier molecular flexibility index (Phi) is 79.4. The Morgan fingerprint density at radius 2 is 1.25 bits per heavy atom. The summed E-state index contributed by atoms with van der Waals surface area (Å²) >= 11 is 0.300. The minimum atomic E-state index is 0. The Morgan fingerprint density at radius 1 is 1.25 bits per heavy atom. The van der Waals surface area contributed by atoms with E-state index in [0.717, 1.165) is 0 Å². The maximum absolute atomic E-state index is 8.34. The van der Waals surface area contributed by atoms with E-state index in [2.05, 4.69) is 0 Å². The van der Waals surface area contributed by atoms with Gasteiger partial charge in [-0.1, -0.05) is 0 Å². The number of hydrogen-bond acceptors (Lipinski definition) is 1. The summed E-state index contributed by atoms with van der Waals surface area (Å²) in [6.07, 6.45) is 0. The summed E-state index contributed by atoms with van der Waals surface area (Å²) in [5, 5.41) is 0. The molecule has 4 heteroatoms. The largest absolute Gasteiger partial charge is 0 e. The third-order valence-electron chi connectivity index (χ3n) is 0. The average Bonchev–Trinajstić information content (AvgIpc) is 1.00. The van der Waals surface area contributed by atoms with Crippen molar-refractivity contribution in [3.05, 3.63) is 0 Å². The maximum Gasteiger partial charge on any atom is 0 e. The molecule has 0 saturated heterocycles. The van der Waals surface area contributed by atoms with Gasteiger partial charge in [0.2, 0.25) is 0 Å². The summed E-state index contributed by atoms with van der Waals surface area (Å²) in [7, 11) is 0. The van der Waals surface area contributed by atoms with Crippen molar-refractivity contribution in [2.75, 3.05) is 0 Å². The third kappa shape index (κ3) is 8.92. The Labute approximate surface area is 70.7 Å². The molecule has 0 aromatic heterocycles. The molecule has 0 unspecified atom stereocenters. The minimum Gasteiger partial charge on any atom is 0 e. The van der Waals surface area contributed by atoms with Gasteiger partial charge in [0.1, 0.15) is 0 Å². The molecule has 0 spiro atoms. The molecule has 0 aliphatic heterocycles. The molecule has 1 nitrogen and oxygen atoms in total. The van der Waals surface area contributed by atoms with Crippen molar-refractivity contribution in [1.29, 1.82) is 0 Å². The van der Waals surface area contributed by atoms with E-state index in [1.807, 2.05) is 0 Å². The van der Waals surface area contributed by atoms with Crippen molar-refractivity contribution < 1.29 is 24.8 Å². The van der Waals surface area contributed by atoms with Crippen molar-refractivity contribution in [2.45, 2.75) is 0 Å². The van der Waals surface area contributed by atoms with Gasteiger partial charge >= 0.3 is 25.6 Å². The Hall–Kier alpha value is 2.13. The van der Waals surface area contributed by atoms with Crippen molar-refractivity contribution in [3.8, 4) is 0 Å². The first-order valence-electron chi connectivity index (χ1n) is 0.204. The Balaban J connectivity index is -0.00000000500. The van der Waals surface area contributed by atoms with Crippen LogP contribution in [0.5, 0.6) is 0 Å². The van der Waals surface area contributed by atoms with Crippen LogP contribution in [0.4, 0.5) is 0 Å². The zero-order chi connectivity index (χ0) is 2.00. The van der Waals surface area contributed by atoms with Gasteiger partial charge in [-0.25, -0.2) is 0 Å². The van der Waals surface area contributed by atoms with Crippen LogP contribution in [-0.2, 0) is 24.8 Å². The zero-order valence-corrected chi connectivity index (χ0v) is 8.82. The first kappa shape index (κ1) is 16.5. The van der Waals surface area contributed by atoms with Gasteiger partial charge < -0.3 is 0 Å². The zero-order valence-electron chi connectivity index (χ0n) is 1.86. The molecule has 19 valence electrons. The molecule has 0 amide bonds. The van der Waals surface area contributed by atoms with Crippen LogP contribution in [0.25, 0.3) is 0 Å². The molecular formula is OSbSnTi. The molecule has 0 saturated carbocycles. The van der Waals surface area contributed by atoms with E-state index in [1.54, 1.807) is 0 Å². The van der Waals surface area contributed by atoms with Crippen LogP contribution in [0.1, 0.15) is 0 Å². The molecule has 0 N–H and O–H groups in total. The van der Waals surface area contributed by atoms with Gasteiger partial charge in [0, 0.05) is 46.1 Å². The fraction of sp³-hybridized carbons (Fsp3) is 0. The Bertz CT molecular complexity index is 8.00. The summed E-state index contributed by atoms with van der Waals surface area (Å²) in [6.45, 7) is 0. The topological polar surface area (TPSA) is 17.1 Å². The summed E-state index contributed by atoms with van der Waals surface area (Å²) in [5.41, 5.74) is 0. The molecule has 0 aliphatic carbocycles. The van der Waals surface area contributed by atoms with E-state index >= 15 is 0 Å². The number of rotatable bonds is 0. The SMILES string of the molecule is [O]=[Sn].[Sb].[Ti]. The molecule has 4 heavy (non-hydrogen) atoms. The standard InChI is InChI=1S/O.Sb.Sn.Ti. The van der Waals surface area contributed by atoms with E-state index in [-0.39, 0.29) is 46.1 Å². The minimum absolute atomic E-state index is 0. The van der Waals surface area contributed by atoms with Crippen LogP contribution in [0.3, 0.4) is 0 Å². The molecule has 0 fully saturated rings. The molecule has 0 rings (SSSR count). The van der Waals surface area contributed by atoms with Crippen LogP contribution in [0, 0.1) is 0 Å². The second-order valence-electron chi connectivity index (χ2n) is 0. The number of hydrogen-bond donors (Lipinski definition) is 0.